The van der Waals surface area contributed by atoms with Gasteiger partial charge in [-0.2, -0.15) is 0 Å². The highest BCUT2D eigenvalue weighted by atomic mass is 35.6. The Bertz CT molecular complexity index is 752. The zero-order valence-electron chi connectivity index (χ0n) is 22.4. The van der Waals surface area contributed by atoms with Gasteiger partial charge < -0.3 is 14.6 Å². The van der Waals surface area contributed by atoms with E-state index in [2.05, 4.69) is 13.8 Å². The van der Waals surface area contributed by atoms with Gasteiger partial charge in [-0.1, -0.05) is 137 Å². The van der Waals surface area contributed by atoms with E-state index in [0.29, 0.717) is 6.42 Å². The molecule has 0 bridgehead atoms. The molecule has 0 saturated carbocycles. The molecular weight excluding hydrogens is 539 g/mol. The van der Waals surface area contributed by atoms with Gasteiger partial charge in [0.1, 0.15) is 13.2 Å². The highest BCUT2D eigenvalue weighted by Gasteiger charge is 2.27. The van der Waals surface area contributed by atoms with Gasteiger partial charge in [0, 0.05) is 0 Å². The number of benzene rings is 1. The van der Waals surface area contributed by atoms with Crippen molar-refractivity contribution in [1.82, 2.24) is 0 Å². The minimum atomic E-state index is -1.67. The summed E-state index contributed by atoms with van der Waals surface area (Å²) in [5.74, 6) is -2.36. The molecule has 0 aromatic heterocycles. The van der Waals surface area contributed by atoms with Gasteiger partial charge in [-0.05, 0) is 18.4 Å². The minimum Gasteiger partial charge on any atom is -0.481 e. The summed E-state index contributed by atoms with van der Waals surface area (Å²) >= 11 is 16.7. The maximum absolute atomic E-state index is 12.4. The van der Waals surface area contributed by atoms with E-state index >= 15 is 0 Å². The van der Waals surface area contributed by atoms with Crippen LogP contribution in [0.5, 0.6) is 0 Å². The summed E-state index contributed by atoms with van der Waals surface area (Å²) in [5.41, 5.74) is 0.893. The number of hydrogen-bond donors (Lipinski definition) is 1. The monoisotopic (exact) mass is 580 g/mol. The zero-order chi connectivity index (χ0) is 28.1. The molecule has 1 rings (SSSR count). The van der Waals surface area contributed by atoms with E-state index in [0.717, 1.165) is 44.1 Å². The Kier molecular flexibility index (Phi) is 20.6. The van der Waals surface area contributed by atoms with Crippen LogP contribution in [0.3, 0.4) is 0 Å². The van der Waals surface area contributed by atoms with Gasteiger partial charge in [0.15, 0.2) is 0 Å². The predicted molar refractivity (Wildman–Crippen MR) is 150 cm³/mol. The standard InChI is InChI=1S/C19H25Cl3O4.C9H18O2/c1-2-3-4-8-11-16(12-17(23)26-14-19(20,21)22)18(24)25-13-15-9-6-5-7-10-15;1-3-4-5-6-7-8(2)9(10)11/h5-7,9-10,16H,2-4,8,11-14H2,1H3;8H,3-7H2,1-2H3,(H,10,11)/t16-;/m1./s1. The van der Waals surface area contributed by atoms with Crippen molar-refractivity contribution in [3.05, 3.63) is 35.9 Å². The minimum absolute atomic E-state index is 0.0828. The van der Waals surface area contributed by atoms with Crippen molar-refractivity contribution < 1.29 is 29.0 Å². The van der Waals surface area contributed by atoms with E-state index in [4.69, 9.17) is 49.4 Å². The zero-order valence-corrected chi connectivity index (χ0v) is 24.6. The van der Waals surface area contributed by atoms with Crippen molar-refractivity contribution in [2.75, 3.05) is 6.61 Å². The van der Waals surface area contributed by atoms with Crippen LogP contribution in [0.15, 0.2) is 30.3 Å². The van der Waals surface area contributed by atoms with E-state index in [-0.39, 0.29) is 25.6 Å². The first-order valence-electron chi connectivity index (χ1n) is 13.2. The Morgan fingerprint density at radius 3 is 1.95 bits per heavy atom. The van der Waals surface area contributed by atoms with Crippen molar-refractivity contribution in [3.8, 4) is 0 Å². The molecule has 37 heavy (non-hydrogen) atoms. The van der Waals surface area contributed by atoms with Crippen molar-refractivity contribution in [3.63, 3.8) is 0 Å². The second kappa shape index (κ2) is 21.4. The molecule has 1 N–H and O–H groups in total. The van der Waals surface area contributed by atoms with Crippen molar-refractivity contribution in [1.29, 1.82) is 0 Å². The first kappa shape index (κ1) is 35.5. The van der Waals surface area contributed by atoms with Crippen LogP contribution >= 0.6 is 34.8 Å². The number of esters is 2. The van der Waals surface area contributed by atoms with Crippen LogP contribution in [-0.4, -0.2) is 33.4 Å². The third-order valence-electron chi connectivity index (χ3n) is 5.69. The van der Waals surface area contributed by atoms with Gasteiger partial charge in [-0.3, -0.25) is 14.4 Å². The van der Waals surface area contributed by atoms with Gasteiger partial charge in [-0.15, -0.1) is 0 Å². The summed E-state index contributed by atoms with van der Waals surface area (Å²) in [6, 6.07) is 9.39. The molecule has 0 aliphatic rings. The molecule has 0 aliphatic heterocycles. The Balaban J connectivity index is 0.000000989. The normalized spacial score (nSPS) is 12.6. The molecule has 2 atom stereocenters. The highest BCUT2D eigenvalue weighted by Crippen LogP contribution is 2.26. The first-order valence-corrected chi connectivity index (χ1v) is 14.3. The van der Waals surface area contributed by atoms with Gasteiger partial charge in [0.25, 0.3) is 0 Å². The topological polar surface area (TPSA) is 89.9 Å². The molecule has 1 unspecified atom stereocenters. The van der Waals surface area contributed by atoms with E-state index in [9.17, 15) is 14.4 Å². The Hall–Kier alpha value is -1.50. The molecule has 0 saturated heterocycles. The lowest BCUT2D eigenvalue weighted by molar-refractivity contribution is -0.156. The van der Waals surface area contributed by atoms with E-state index in [1.165, 1.54) is 19.3 Å². The summed E-state index contributed by atoms with van der Waals surface area (Å²) in [6.45, 7) is 5.86. The van der Waals surface area contributed by atoms with Crippen molar-refractivity contribution in [2.45, 2.75) is 102 Å². The number of carboxylic acids is 1. The highest BCUT2D eigenvalue weighted by molar-refractivity contribution is 6.67. The number of aliphatic carboxylic acids is 1. The van der Waals surface area contributed by atoms with Crippen molar-refractivity contribution in [2.24, 2.45) is 11.8 Å². The van der Waals surface area contributed by atoms with Crippen LogP contribution in [-0.2, 0) is 30.5 Å². The summed E-state index contributed by atoms with van der Waals surface area (Å²) in [5, 5.41) is 8.54. The van der Waals surface area contributed by atoms with E-state index < -0.39 is 27.6 Å². The van der Waals surface area contributed by atoms with Crippen LogP contribution in [0, 0.1) is 11.8 Å². The Morgan fingerprint density at radius 1 is 0.865 bits per heavy atom. The van der Waals surface area contributed by atoms with E-state index in [1.54, 1.807) is 6.92 Å². The number of ether oxygens (including phenoxy) is 2. The smallest absolute Gasteiger partial charge is 0.309 e. The molecule has 9 heteroatoms. The van der Waals surface area contributed by atoms with Crippen LogP contribution in [0.25, 0.3) is 0 Å². The maximum atomic E-state index is 12.4. The van der Waals surface area contributed by atoms with Gasteiger partial charge in [-0.25, -0.2) is 0 Å². The number of halogens is 3. The summed E-state index contributed by atoms with van der Waals surface area (Å²) < 4.78 is 8.64. The Morgan fingerprint density at radius 2 is 1.43 bits per heavy atom. The maximum Gasteiger partial charge on any atom is 0.309 e. The number of rotatable bonds is 17. The molecule has 0 fully saturated rings. The summed E-state index contributed by atoms with van der Waals surface area (Å²) in [4.78, 5) is 34.7. The molecule has 212 valence electrons. The number of carbonyl (C=O) groups excluding carboxylic acids is 2. The van der Waals surface area contributed by atoms with Crippen LogP contribution in [0.1, 0.15) is 97.0 Å². The average molecular weight is 582 g/mol. The largest absolute Gasteiger partial charge is 0.481 e. The summed E-state index contributed by atoms with van der Waals surface area (Å²) in [7, 11) is 0. The number of hydrogen-bond acceptors (Lipinski definition) is 5. The second-order valence-corrected chi connectivity index (χ2v) is 11.7. The molecule has 1 aromatic carbocycles. The Labute approximate surface area is 237 Å². The second-order valence-electron chi connectivity index (χ2n) is 9.21. The molecule has 0 radical (unpaired) electrons. The number of unbranched alkanes of at least 4 members (excludes halogenated alkanes) is 6. The van der Waals surface area contributed by atoms with Crippen LogP contribution in [0.2, 0.25) is 0 Å². The van der Waals surface area contributed by atoms with Crippen LogP contribution < -0.4 is 0 Å². The molecule has 6 nitrogen and oxygen atoms in total. The average Bonchev–Trinajstić information content (AvgIpc) is 2.86. The van der Waals surface area contributed by atoms with Gasteiger partial charge >= 0.3 is 17.9 Å². The predicted octanol–water partition coefficient (Wildman–Crippen LogP) is 8.30. The quantitative estimate of drug-likeness (QED) is 0.113. The fourth-order valence-electron chi connectivity index (χ4n) is 3.39. The van der Waals surface area contributed by atoms with Crippen molar-refractivity contribution >= 4 is 52.7 Å². The molecule has 0 heterocycles. The number of alkyl halides is 3. The molecule has 0 aliphatic carbocycles. The molecule has 0 amide bonds. The number of carbonyl (C=O) groups is 3. The van der Waals surface area contributed by atoms with Gasteiger partial charge in [0.05, 0.1) is 18.3 Å². The third-order valence-corrected chi connectivity index (χ3v) is 6.01. The summed E-state index contributed by atoms with van der Waals surface area (Å²) in [6.07, 6.45) is 10.0. The lowest BCUT2D eigenvalue weighted by Crippen LogP contribution is -2.24. The molecule has 0 spiro atoms. The van der Waals surface area contributed by atoms with E-state index in [1.807, 2.05) is 30.3 Å². The van der Waals surface area contributed by atoms with Crippen LogP contribution in [0.4, 0.5) is 0 Å². The lowest BCUT2D eigenvalue weighted by atomic mass is 9.97. The fourth-order valence-corrected chi connectivity index (χ4v) is 3.55. The molecular formula is C28H43Cl3O6. The third kappa shape index (κ3) is 21.2. The molecule has 1 aromatic rings. The SMILES string of the molecule is CCCCCCC(C)C(=O)O.CCCCCC[C@H](CC(=O)OCC(Cl)(Cl)Cl)C(=O)OCc1ccccc1. The van der Waals surface area contributed by atoms with Gasteiger partial charge in [0.2, 0.25) is 3.79 Å². The lowest BCUT2D eigenvalue weighted by Gasteiger charge is -2.17. The fraction of sp³-hybridized carbons (Fsp3) is 0.679. The number of carboxylic acid groups (broad SMARTS) is 1. The first-order chi connectivity index (χ1) is 17.5.